The van der Waals surface area contributed by atoms with Gasteiger partial charge in [0.1, 0.15) is 17.2 Å². The molecule has 6 heteroatoms. The Morgan fingerprint density at radius 1 is 1.43 bits per heavy atom. The van der Waals surface area contributed by atoms with Crippen LogP contribution in [0.2, 0.25) is 0 Å². The highest BCUT2D eigenvalue weighted by Gasteiger charge is 2.29. The summed E-state index contributed by atoms with van der Waals surface area (Å²) in [4.78, 5) is 22.5. The van der Waals surface area contributed by atoms with Crippen LogP contribution in [0.25, 0.3) is 0 Å². The van der Waals surface area contributed by atoms with E-state index in [1.165, 1.54) is 0 Å². The maximum Gasteiger partial charge on any atom is 0.410 e. The van der Waals surface area contributed by atoms with Crippen molar-refractivity contribution in [1.82, 2.24) is 14.9 Å². The first-order valence-electron chi connectivity index (χ1n) is 7.33. The van der Waals surface area contributed by atoms with Crippen LogP contribution in [0.3, 0.4) is 0 Å². The Labute approximate surface area is 125 Å². The molecule has 0 aliphatic carbocycles. The van der Waals surface area contributed by atoms with Crippen LogP contribution in [0.1, 0.15) is 51.0 Å². The zero-order valence-electron chi connectivity index (χ0n) is 13.2. The van der Waals surface area contributed by atoms with Crippen LogP contribution in [-0.2, 0) is 4.74 Å². The van der Waals surface area contributed by atoms with Crippen LogP contribution < -0.4 is 5.73 Å². The van der Waals surface area contributed by atoms with E-state index in [2.05, 4.69) is 9.97 Å². The van der Waals surface area contributed by atoms with Gasteiger partial charge < -0.3 is 15.4 Å². The van der Waals surface area contributed by atoms with E-state index >= 15 is 0 Å². The molecule has 1 atom stereocenters. The second-order valence-electron chi connectivity index (χ2n) is 6.53. The van der Waals surface area contributed by atoms with E-state index in [1.54, 1.807) is 11.0 Å². The molecule has 0 saturated carbocycles. The number of likely N-dealkylation sites (tertiary alicyclic amines) is 1. The van der Waals surface area contributed by atoms with Crippen molar-refractivity contribution in [3.8, 4) is 0 Å². The van der Waals surface area contributed by atoms with Gasteiger partial charge in [-0.25, -0.2) is 14.8 Å². The lowest BCUT2D eigenvalue weighted by molar-refractivity contribution is 0.0197. The Balaban J connectivity index is 2.08. The van der Waals surface area contributed by atoms with E-state index < -0.39 is 5.60 Å². The van der Waals surface area contributed by atoms with Gasteiger partial charge in [0.15, 0.2) is 0 Å². The highest BCUT2D eigenvalue weighted by molar-refractivity contribution is 5.68. The molecule has 1 unspecified atom stereocenters. The number of carbonyl (C=O) groups is 1. The Morgan fingerprint density at radius 3 is 2.76 bits per heavy atom. The number of rotatable bonds is 1. The summed E-state index contributed by atoms with van der Waals surface area (Å²) >= 11 is 0. The van der Waals surface area contributed by atoms with E-state index in [1.807, 2.05) is 27.7 Å². The minimum atomic E-state index is -0.472. The monoisotopic (exact) mass is 292 g/mol. The largest absolute Gasteiger partial charge is 0.444 e. The highest BCUT2D eigenvalue weighted by Crippen LogP contribution is 2.27. The van der Waals surface area contributed by atoms with E-state index in [0.29, 0.717) is 18.2 Å². The maximum atomic E-state index is 12.2. The first-order valence-corrected chi connectivity index (χ1v) is 7.33. The zero-order valence-corrected chi connectivity index (χ0v) is 13.2. The highest BCUT2D eigenvalue weighted by atomic mass is 16.6. The molecule has 1 aliphatic rings. The summed E-state index contributed by atoms with van der Waals surface area (Å²) < 4.78 is 5.44. The van der Waals surface area contributed by atoms with Crippen LogP contribution in [-0.4, -0.2) is 39.7 Å². The number of anilines is 1. The van der Waals surface area contributed by atoms with Crippen molar-refractivity contribution in [3.63, 3.8) is 0 Å². The Morgan fingerprint density at radius 2 is 2.14 bits per heavy atom. The summed E-state index contributed by atoms with van der Waals surface area (Å²) in [6.45, 7) is 8.80. The summed E-state index contributed by atoms with van der Waals surface area (Å²) in [6, 6.07) is 1.80. The normalized spacial score (nSPS) is 19.4. The fourth-order valence-corrected chi connectivity index (χ4v) is 2.53. The lowest BCUT2D eigenvalue weighted by atomic mass is 9.94. The fourth-order valence-electron chi connectivity index (χ4n) is 2.53. The molecule has 1 aromatic rings. The average molecular weight is 292 g/mol. The summed E-state index contributed by atoms with van der Waals surface area (Å²) in [6.07, 6.45) is 1.67. The molecule has 116 valence electrons. The molecule has 1 aromatic heterocycles. The molecule has 0 radical (unpaired) electrons. The Hall–Kier alpha value is -1.85. The van der Waals surface area contributed by atoms with Crippen LogP contribution in [0, 0.1) is 6.92 Å². The number of ether oxygens (including phenoxy) is 1. The van der Waals surface area contributed by atoms with Crippen LogP contribution in [0.4, 0.5) is 10.6 Å². The second kappa shape index (κ2) is 5.87. The quantitative estimate of drug-likeness (QED) is 0.860. The molecule has 1 saturated heterocycles. The third-order valence-electron chi connectivity index (χ3n) is 3.37. The van der Waals surface area contributed by atoms with Gasteiger partial charge in [0.05, 0.1) is 5.69 Å². The molecular formula is C15H24N4O2. The fraction of sp³-hybridized carbons (Fsp3) is 0.667. The molecule has 2 rings (SSSR count). The molecule has 2 N–H and O–H groups in total. The van der Waals surface area contributed by atoms with Gasteiger partial charge in [0.25, 0.3) is 0 Å². The first kappa shape index (κ1) is 15.5. The van der Waals surface area contributed by atoms with Crippen molar-refractivity contribution in [2.45, 2.75) is 52.1 Å². The number of carbonyl (C=O) groups excluding carboxylic acids is 1. The second-order valence-corrected chi connectivity index (χ2v) is 6.53. The van der Waals surface area contributed by atoms with Gasteiger partial charge in [0, 0.05) is 25.1 Å². The van der Waals surface area contributed by atoms with Crippen LogP contribution in [0.5, 0.6) is 0 Å². The molecule has 21 heavy (non-hydrogen) atoms. The zero-order chi connectivity index (χ0) is 15.6. The minimum Gasteiger partial charge on any atom is -0.444 e. The number of nitrogens with two attached hydrogens (primary N) is 1. The minimum absolute atomic E-state index is 0.190. The number of piperidine rings is 1. The summed E-state index contributed by atoms with van der Waals surface area (Å²) in [7, 11) is 0. The molecule has 0 bridgehead atoms. The van der Waals surface area contributed by atoms with Crippen molar-refractivity contribution >= 4 is 11.9 Å². The molecule has 1 amide bonds. The van der Waals surface area contributed by atoms with E-state index in [-0.39, 0.29) is 12.0 Å². The van der Waals surface area contributed by atoms with Gasteiger partial charge in [-0.3, -0.25) is 0 Å². The number of aromatic nitrogens is 2. The smallest absolute Gasteiger partial charge is 0.410 e. The third-order valence-corrected chi connectivity index (χ3v) is 3.37. The summed E-state index contributed by atoms with van der Waals surface area (Å²) in [5.74, 6) is 1.33. The van der Waals surface area contributed by atoms with Crippen molar-refractivity contribution < 1.29 is 9.53 Å². The lowest BCUT2D eigenvalue weighted by Crippen LogP contribution is -2.42. The number of hydrogen-bond acceptors (Lipinski definition) is 5. The van der Waals surface area contributed by atoms with Gasteiger partial charge >= 0.3 is 6.09 Å². The Bertz CT molecular complexity index is 505. The summed E-state index contributed by atoms with van der Waals surface area (Å²) in [5, 5.41) is 0. The van der Waals surface area contributed by atoms with Crippen molar-refractivity contribution in [2.24, 2.45) is 0 Å². The molecular weight excluding hydrogens is 268 g/mol. The van der Waals surface area contributed by atoms with E-state index in [0.717, 1.165) is 25.1 Å². The van der Waals surface area contributed by atoms with Crippen molar-refractivity contribution in [2.75, 3.05) is 18.8 Å². The summed E-state index contributed by atoms with van der Waals surface area (Å²) in [5.41, 5.74) is 6.23. The predicted octanol–water partition coefficient (Wildman–Crippen LogP) is 2.48. The van der Waals surface area contributed by atoms with Crippen molar-refractivity contribution in [1.29, 1.82) is 0 Å². The average Bonchev–Trinajstić information content (AvgIpc) is 2.36. The first-order chi connectivity index (χ1) is 9.74. The molecule has 0 spiro atoms. The molecule has 1 fully saturated rings. The number of amides is 1. The van der Waals surface area contributed by atoms with Crippen molar-refractivity contribution in [3.05, 3.63) is 17.6 Å². The van der Waals surface area contributed by atoms with Crippen LogP contribution in [0.15, 0.2) is 6.07 Å². The van der Waals surface area contributed by atoms with Gasteiger partial charge in [0.2, 0.25) is 0 Å². The molecule has 6 nitrogen and oxygen atoms in total. The van der Waals surface area contributed by atoms with Gasteiger partial charge in [-0.05, 0) is 40.5 Å². The maximum absolute atomic E-state index is 12.2. The van der Waals surface area contributed by atoms with E-state index in [4.69, 9.17) is 10.5 Å². The van der Waals surface area contributed by atoms with Gasteiger partial charge in [-0.15, -0.1) is 0 Å². The number of nitrogens with zero attached hydrogens (tertiary/aromatic N) is 3. The lowest BCUT2D eigenvalue weighted by Gasteiger charge is -2.34. The molecule has 0 aromatic carbocycles. The predicted molar refractivity (Wildman–Crippen MR) is 81.0 cm³/mol. The van der Waals surface area contributed by atoms with Gasteiger partial charge in [-0.2, -0.15) is 0 Å². The molecule has 1 aliphatic heterocycles. The molecule has 2 heterocycles. The Kier molecular flexibility index (Phi) is 4.34. The third kappa shape index (κ3) is 4.31. The topological polar surface area (TPSA) is 81.3 Å². The van der Waals surface area contributed by atoms with Gasteiger partial charge in [-0.1, -0.05) is 0 Å². The number of aryl methyl sites for hydroxylation is 1. The number of hydrogen-bond donors (Lipinski definition) is 1. The number of nitrogen functional groups attached to an aromatic ring is 1. The van der Waals surface area contributed by atoms with E-state index in [9.17, 15) is 4.79 Å². The SMILES string of the molecule is Cc1nc(N)cc(C2CCCN(C(=O)OC(C)(C)C)C2)n1. The van der Waals surface area contributed by atoms with Crippen LogP contribution >= 0.6 is 0 Å². The standard InChI is InChI=1S/C15H24N4O2/c1-10-17-12(8-13(16)18-10)11-6-5-7-19(9-11)14(20)21-15(2,3)4/h8,11H,5-7,9H2,1-4H3,(H2,16,17,18).